The van der Waals surface area contributed by atoms with E-state index in [4.69, 9.17) is 16.7 Å². The van der Waals surface area contributed by atoms with Crippen LogP contribution in [0.1, 0.15) is 25.0 Å². The van der Waals surface area contributed by atoms with Crippen molar-refractivity contribution < 1.29 is 9.90 Å². The van der Waals surface area contributed by atoms with Crippen LogP contribution in [-0.2, 0) is 11.3 Å². The van der Waals surface area contributed by atoms with Gasteiger partial charge in [-0.25, -0.2) is 0 Å². The van der Waals surface area contributed by atoms with Crippen LogP contribution in [0.4, 0.5) is 0 Å². The molecular weight excluding hydrogens is 238 g/mol. The van der Waals surface area contributed by atoms with Gasteiger partial charge in [-0.1, -0.05) is 37.6 Å². The first kappa shape index (κ1) is 14.0. The summed E-state index contributed by atoms with van der Waals surface area (Å²) in [5.74, 6) is -0.758. The molecule has 0 fully saturated rings. The minimum atomic E-state index is -0.814. The summed E-state index contributed by atoms with van der Waals surface area (Å²) in [6.07, 6.45) is 0. The summed E-state index contributed by atoms with van der Waals surface area (Å²) in [6.45, 7) is 6.24. The molecule has 4 heteroatoms. The Hall–Kier alpha value is -1.06. The number of carboxylic acids is 1. The highest BCUT2D eigenvalue weighted by atomic mass is 35.5. The van der Waals surface area contributed by atoms with Crippen molar-refractivity contribution in [2.24, 2.45) is 5.92 Å². The standard InChI is InChI=1S/C13H18ClNO2/c1-8(2)12(13(16)17)15-7-10-4-5-11(14)9(3)6-10/h4-6,8,12,15H,7H2,1-3H3,(H,16,17)/t12-/m1/s1. The van der Waals surface area contributed by atoms with E-state index in [0.717, 1.165) is 16.1 Å². The number of aryl methyl sites for hydroxylation is 1. The van der Waals surface area contributed by atoms with Crippen molar-refractivity contribution in [3.8, 4) is 0 Å². The van der Waals surface area contributed by atoms with Crippen LogP contribution in [0, 0.1) is 12.8 Å². The normalized spacial score (nSPS) is 12.8. The van der Waals surface area contributed by atoms with Crippen LogP contribution in [0.5, 0.6) is 0 Å². The summed E-state index contributed by atoms with van der Waals surface area (Å²) in [7, 11) is 0. The van der Waals surface area contributed by atoms with Gasteiger partial charge in [0.25, 0.3) is 0 Å². The lowest BCUT2D eigenvalue weighted by Gasteiger charge is -2.18. The van der Waals surface area contributed by atoms with Crippen molar-refractivity contribution in [1.82, 2.24) is 5.32 Å². The van der Waals surface area contributed by atoms with Crippen molar-refractivity contribution in [2.75, 3.05) is 0 Å². The Morgan fingerprint density at radius 2 is 2.12 bits per heavy atom. The second kappa shape index (κ2) is 6.03. The van der Waals surface area contributed by atoms with Crippen molar-refractivity contribution in [1.29, 1.82) is 0 Å². The van der Waals surface area contributed by atoms with Crippen LogP contribution in [0.25, 0.3) is 0 Å². The molecule has 0 amide bonds. The van der Waals surface area contributed by atoms with Crippen molar-refractivity contribution in [2.45, 2.75) is 33.4 Å². The predicted octanol–water partition coefficient (Wildman–Crippen LogP) is 2.85. The lowest BCUT2D eigenvalue weighted by atomic mass is 10.0. The van der Waals surface area contributed by atoms with Gasteiger partial charge in [-0.05, 0) is 30.0 Å². The topological polar surface area (TPSA) is 49.3 Å². The fourth-order valence-corrected chi connectivity index (χ4v) is 1.77. The smallest absolute Gasteiger partial charge is 0.320 e. The Morgan fingerprint density at radius 1 is 1.47 bits per heavy atom. The van der Waals surface area contributed by atoms with Crippen LogP contribution in [0.3, 0.4) is 0 Å². The highest BCUT2D eigenvalue weighted by Gasteiger charge is 2.20. The highest BCUT2D eigenvalue weighted by molar-refractivity contribution is 6.31. The maximum absolute atomic E-state index is 11.0. The average molecular weight is 256 g/mol. The van der Waals surface area contributed by atoms with Crippen LogP contribution in [0.15, 0.2) is 18.2 Å². The van der Waals surface area contributed by atoms with Gasteiger partial charge in [0.1, 0.15) is 6.04 Å². The fraction of sp³-hybridized carbons (Fsp3) is 0.462. The molecule has 0 heterocycles. The zero-order valence-corrected chi connectivity index (χ0v) is 11.1. The van der Waals surface area contributed by atoms with Gasteiger partial charge in [0.2, 0.25) is 0 Å². The highest BCUT2D eigenvalue weighted by Crippen LogP contribution is 2.16. The molecule has 0 aliphatic rings. The lowest BCUT2D eigenvalue weighted by molar-refractivity contribution is -0.140. The minimum Gasteiger partial charge on any atom is -0.480 e. The maximum Gasteiger partial charge on any atom is 0.320 e. The molecule has 0 saturated heterocycles. The molecule has 0 bridgehead atoms. The van der Waals surface area contributed by atoms with E-state index in [0.29, 0.717) is 6.54 Å². The van der Waals surface area contributed by atoms with Crippen molar-refractivity contribution in [3.63, 3.8) is 0 Å². The van der Waals surface area contributed by atoms with Crippen LogP contribution >= 0.6 is 11.6 Å². The van der Waals surface area contributed by atoms with Gasteiger partial charge in [-0.15, -0.1) is 0 Å². The number of carboxylic acid groups (broad SMARTS) is 1. The molecule has 0 radical (unpaired) electrons. The molecule has 94 valence electrons. The molecule has 0 aliphatic carbocycles. The van der Waals surface area contributed by atoms with Crippen LogP contribution < -0.4 is 5.32 Å². The van der Waals surface area contributed by atoms with Gasteiger partial charge in [-0.2, -0.15) is 0 Å². The van der Waals surface area contributed by atoms with Crippen molar-refractivity contribution in [3.05, 3.63) is 34.3 Å². The zero-order valence-electron chi connectivity index (χ0n) is 10.3. The van der Waals surface area contributed by atoms with E-state index >= 15 is 0 Å². The quantitative estimate of drug-likeness (QED) is 0.851. The molecule has 0 unspecified atom stereocenters. The number of hydrogen-bond acceptors (Lipinski definition) is 2. The van der Waals surface area contributed by atoms with Gasteiger partial charge in [0, 0.05) is 11.6 Å². The van der Waals surface area contributed by atoms with E-state index in [2.05, 4.69) is 5.32 Å². The van der Waals surface area contributed by atoms with E-state index < -0.39 is 12.0 Å². The molecular formula is C13H18ClNO2. The Balaban J connectivity index is 2.65. The zero-order chi connectivity index (χ0) is 13.0. The number of carbonyl (C=O) groups is 1. The molecule has 1 aromatic carbocycles. The predicted molar refractivity (Wildman–Crippen MR) is 69.3 cm³/mol. The Bertz CT molecular complexity index is 404. The number of halogens is 1. The van der Waals surface area contributed by atoms with E-state index in [-0.39, 0.29) is 5.92 Å². The molecule has 0 aromatic heterocycles. The maximum atomic E-state index is 11.0. The minimum absolute atomic E-state index is 0.0564. The third kappa shape index (κ3) is 4.02. The largest absolute Gasteiger partial charge is 0.480 e. The monoisotopic (exact) mass is 255 g/mol. The molecule has 1 aromatic rings. The van der Waals surface area contributed by atoms with Crippen LogP contribution in [-0.4, -0.2) is 17.1 Å². The molecule has 0 aliphatic heterocycles. The Morgan fingerprint density at radius 3 is 2.59 bits per heavy atom. The molecule has 17 heavy (non-hydrogen) atoms. The molecule has 1 rings (SSSR count). The summed E-state index contributed by atoms with van der Waals surface area (Å²) in [5, 5.41) is 12.8. The molecule has 2 N–H and O–H groups in total. The molecule has 1 atom stereocenters. The molecule has 0 saturated carbocycles. The summed E-state index contributed by atoms with van der Waals surface area (Å²) in [4.78, 5) is 11.0. The third-order valence-electron chi connectivity index (χ3n) is 2.68. The van der Waals surface area contributed by atoms with Crippen molar-refractivity contribution >= 4 is 17.6 Å². The first-order valence-corrected chi connectivity index (χ1v) is 6.01. The summed E-state index contributed by atoms with van der Waals surface area (Å²) in [5.41, 5.74) is 2.04. The Labute approximate surface area is 107 Å². The van der Waals surface area contributed by atoms with Gasteiger partial charge in [-0.3, -0.25) is 4.79 Å². The number of hydrogen-bond donors (Lipinski definition) is 2. The van der Waals surface area contributed by atoms with E-state index in [1.54, 1.807) is 0 Å². The number of aliphatic carboxylic acids is 1. The second-order valence-electron chi connectivity index (χ2n) is 4.52. The van der Waals surface area contributed by atoms with E-state index in [1.807, 2.05) is 39.0 Å². The van der Waals surface area contributed by atoms with Crippen LogP contribution in [0.2, 0.25) is 5.02 Å². The van der Waals surface area contributed by atoms with Gasteiger partial charge >= 0.3 is 5.97 Å². The summed E-state index contributed by atoms with van der Waals surface area (Å²) in [6, 6.07) is 5.18. The molecule has 3 nitrogen and oxygen atoms in total. The first-order valence-electron chi connectivity index (χ1n) is 5.63. The second-order valence-corrected chi connectivity index (χ2v) is 4.93. The third-order valence-corrected chi connectivity index (χ3v) is 3.11. The summed E-state index contributed by atoms with van der Waals surface area (Å²) < 4.78 is 0. The SMILES string of the molecule is Cc1cc(CN[C@@H](C(=O)O)C(C)C)ccc1Cl. The average Bonchev–Trinajstić information content (AvgIpc) is 2.22. The number of rotatable bonds is 5. The van der Waals surface area contributed by atoms with Gasteiger partial charge in [0.05, 0.1) is 0 Å². The number of nitrogens with one attached hydrogen (secondary N) is 1. The van der Waals surface area contributed by atoms with E-state index in [1.165, 1.54) is 0 Å². The Kier molecular flexibility index (Phi) is 4.97. The van der Waals surface area contributed by atoms with E-state index in [9.17, 15) is 4.79 Å². The lowest BCUT2D eigenvalue weighted by Crippen LogP contribution is -2.40. The molecule has 0 spiro atoms. The fourth-order valence-electron chi connectivity index (χ4n) is 1.65. The van der Waals surface area contributed by atoms with Gasteiger partial charge in [0.15, 0.2) is 0 Å². The number of benzene rings is 1. The summed E-state index contributed by atoms with van der Waals surface area (Å²) >= 11 is 5.93. The van der Waals surface area contributed by atoms with Gasteiger partial charge < -0.3 is 10.4 Å². The first-order chi connectivity index (χ1) is 7.91.